The molecule has 1 amide bonds. The summed E-state index contributed by atoms with van der Waals surface area (Å²) in [6.45, 7) is 2.72. The molecule has 4 nitrogen and oxygen atoms in total. The zero-order valence-electron chi connectivity index (χ0n) is 10.7. The third-order valence-electron chi connectivity index (χ3n) is 2.44. The average molecular weight is 254 g/mol. The first-order valence-electron chi connectivity index (χ1n) is 5.90. The Labute approximate surface area is 106 Å². The van der Waals surface area contributed by atoms with Crippen molar-refractivity contribution in [2.45, 2.75) is 19.4 Å². The van der Waals surface area contributed by atoms with Crippen molar-refractivity contribution in [1.29, 1.82) is 0 Å². The molecule has 0 aromatic heterocycles. The minimum atomic E-state index is -0.441. The van der Waals surface area contributed by atoms with Crippen molar-refractivity contribution < 1.29 is 14.3 Å². The Hall–Kier alpha value is -1.46. The second-order valence-electron chi connectivity index (χ2n) is 4.39. The van der Waals surface area contributed by atoms with Crippen LogP contribution in [0.2, 0.25) is 0 Å². The molecular formula is C13H19FN2O2. The Morgan fingerprint density at radius 1 is 1.50 bits per heavy atom. The second-order valence-corrected chi connectivity index (χ2v) is 4.39. The number of aliphatic hydroxyl groups is 1. The highest BCUT2D eigenvalue weighted by Gasteiger charge is 2.08. The van der Waals surface area contributed by atoms with E-state index < -0.39 is 11.9 Å². The molecule has 5 heteroatoms. The van der Waals surface area contributed by atoms with Gasteiger partial charge in [0.1, 0.15) is 5.82 Å². The normalized spacial score (nSPS) is 12.5. The molecule has 2 N–H and O–H groups in total. The fourth-order valence-electron chi connectivity index (χ4n) is 1.61. The van der Waals surface area contributed by atoms with E-state index in [-0.39, 0.29) is 18.0 Å². The van der Waals surface area contributed by atoms with Gasteiger partial charge in [0.15, 0.2) is 0 Å². The SMILES string of the molecule is CC(O)CN(C)CCC(=O)Nc1ccccc1F. The molecule has 0 saturated heterocycles. The first kappa shape index (κ1) is 14.6. The number of hydrogen-bond donors (Lipinski definition) is 2. The summed E-state index contributed by atoms with van der Waals surface area (Å²) in [5, 5.41) is 11.7. The topological polar surface area (TPSA) is 52.6 Å². The molecule has 1 atom stereocenters. The van der Waals surface area contributed by atoms with Crippen LogP contribution < -0.4 is 5.32 Å². The Morgan fingerprint density at radius 3 is 2.78 bits per heavy atom. The van der Waals surface area contributed by atoms with Gasteiger partial charge in [0.25, 0.3) is 0 Å². The van der Waals surface area contributed by atoms with Gasteiger partial charge in [-0.1, -0.05) is 12.1 Å². The van der Waals surface area contributed by atoms with Crippen LogP contribution in [-0.4, -0.2) is 42.2 Å². The number of nitrogens with one attached hydrogen (secondary N) is 1. The minimum Gasteiger partial charge on any atom is -0.392 e. The van der Waals surface area contributed by atoms with Crippen LogP contribution in [0.3, 0.4) is 0 Å². The van der Waals surface area contributed by atoms with Crippen molar-refractivity contribution >= 4 is 11.6 Å². The fraction of sp³-hybridized carbons (Fsp3) is 0.462. The minimum absolute atomic E-state index is 0.195. The summed E-state index contributed by atoms with van der Waals surface area (Å²) in [5.74, 6) is -0.680. The van der Waals surface area contributed by atoms with E-state index in [1.807, 2.05) is 11.9 Å². The lowest BCUT2D eigenvalue weighted by atomic mass is 10.3. The maximum absolute atomic E-state index is 13.3. The molecular weight excluding hydrogens is 235 g/mol. The van der Waals surface area contributed by atoms with Crippen LogP contribution in [0.1, 0.15) is 13.3 Å². The quantitative estimate of drug-likeness (QED) is 0.808. The lowest BCUT2D eigenvalue weighted by Gasteiger charge is -2.17. The maximum Gasteiger partial charge on any atom is 0.225 e. The largest absolute Gasteiger partial charge is 0.392 e. The number of rotatable bonds is 6. The van der Waals surface area contributed by atoms with Crippen molar-refractivity contribution in [3.05, 3.63) is 30.1 Å². The number of nitrogens with zero attached hydrogens (tertiary/aromatic N) is 1. The third kappa shape index (κ3) is 5.25. The number of para-hydroxylation sites is 1. The number of benzene rings is 1. The van der Waals surface area contributed by atoms with E-state index in [9.17, 15) is 9.18 Å². The van der Waals surface area contributed by atoms with E-state index in [0.717, 1.165) is 0 Å². The van der Waals surface area contributed by atoms with Crippen LogP contribution in [0.25, 0.3) is 0 Å². The summed E-state index contributed by atoms with van der Waals surface area (Å²) < 4.78 is 13.3. The van der Waals surface area contributed by atoms with Crippen LogP contribution in [0, 0.1) is 5.82 Å². The van der Waals surface area contributed by atoms with Crippen molar-refractivity contribution in [1.82, 2.24) is 4.90 Å². The molecule has 0 aliphatic heterocycles. The third-order valence-corrected chi connectivity index (χ3v) is 2.44. The van der Waals surface area contributed by atoms with Crippen molar-refractivity contribution in [2.24, 2.45) is 0 Å². The average Bonchev–Trinajstić information content (AvgIpc) is 2.29. The first-order valence-corrected chi connectivity index (χ1v) is 5.90. The van der Waals surface area contributed by atoms with Crippen LogP contribution in [-0.2, 0) is 4.79 Å². The number of carbonyl (C=O) groups excluding carboxylic acids is 1. The molecule has 0 radical (unpaired) electrons. The molecule has 1 rings (SSSR count). The number of anilines is 1. The van der Waals surface area contributed by atoms with Crippen LogP contribution in [0.4, 0.5) is 10.1 Å². The van der Waals surface area contributed by atoms with Crippen molar-refractivity contribution in [3.63, 3.8) is 0 Å². The summed E-state index contributed by atoms with van der Waals surface area (Å²) in [5.41, 5.74) is 0.195. The highest BCUT2D eigenvalue weighted by Crippen LogP contribution is 2.12. The Kier molecular flexibility index (Phi) is 5.74. The van der Waals surface area contributed by atoms with Gasteiger partial charge in [-0.15, -0.1) is 0 Å². The monoisotopic (exact) mass is 254 g/mol. The van der Waals surface area contributed by atoms with Gasteiger partial charge in [-0.25, -0.2) is 4.39 Å². The highest BCUT2D eigenvalue weighted by atomic mass is 19.1. The van der Waals surface area contributed by atoms with Gasteiger partial charge >= 0.3 is 0 Å². The van der Waals surface area contributed by atoms with Gasteiger partial charge in [0.2, 0.25) is 5.91 Å². The van der Waals surface area contributed by atoms with E-state index >= 15 is 0 Å². The van der Waals surface area contributed by atoms with Gasteiger partial charge in [0.05, 0.1) is 11.8 Å². The Bertz CT molecular complexity index is 396. The molecule has 0 heterocycles. The molecule has 0 aliphatic carbocycles. The molecule has 1 unspecified atom stereocenters. The van der Waals surface area contributed by atoms with Gasteiger partial charge in [0, 0.05) is 19.5 Å². The van der Waals surface area contributed by atoms with E-state index in [0.29, 0.717) is 13.1 Å². The number of carbonyl (C=O) groups is 1. The zero-order valence-corrected chi connectivity index (χ0v) is 10.7. The molecule has 1 aromatic carbocycles. The number of hydrogen-bond acceptors (Lipinski definition) is 3. The van der Waals surface area contributed by atoms with Gasteiger partial charge in [-0.3, -0.25) is 4.79 Å². The molecule has 0 spiro atoms. The zero-order chi connectivity index (χ0) is 13.5. The summed E-state index contributed by atoms with van der Waals surface area (Å²) >= 11 is 0. The molecule has 0 bridgehead atoms. The summed E-state index contributed by atoms with van der Waals surface area (Å²) in [6.07, 6.45) is -0.165. The molecule has 100 valence electrons. The Morgan fingerprint density at radius 2 is 2.17 bits per heavy atom. The standard InChI is InChI=1S/C13H19FN2O2/c1-10(17)9-16(2)8-7-13(18)15-12-6-4-3-5-11(12)14/h3-6,10,17H,7-9H2,1-2H3,(H,15,18). The molecule has 0 aliphatic rings. The summed E-state index contributed by atoms with van der Waals surface area (Å²) in [4.78, 5) is 13.4. The second kappa shape index (κ2) is 7.08. The van der Waals surface area contributed by atoms with Gasteiger partial charge in [-0.2, -0.15) is 0 Å². The van der Waals surface area contributed by atoms with Crippen LogP contribution in [0.15, 0.2) is 24.3 Å². The van der Waals surface area contributed by atoms with Gasteiger partial charge < -0.3 is 15.3 Å². The van der Waals surface area contributed by atoms with E-state index in [2.05, 4.69) is 5.32 Å². The highest BCUT2D eigenvalue weighted by molar-refractivity contribution is 5.90. The lowest BCUT2D eigenvalue weighted by molar-refractivity contribution is -0.116. The van der Waals surface area contributed by atoms with E-state index in [1.165, 1.54) is 12.1 Å². The van der Waals surface area contributed by atoms with Crippen LogP contribution in [0.5, 0.6) is 0 Å². The maximum atomic E-state index is 13.3. The lowest BCUT2D eigenvalue weighted by Crippen LogP contribution is -2.30. The predicted octanol–water partition coefficient (Wildman–Crippen LogP) is 1.47. The molecule has 18 heavy (non-hydrogen) atoms. The smallest absolute Gasteiger partial charge is 0.225 e. The summed E-state index contributed by atoms with van der Waals surface area (Å²) in [6, 6.07) is 6.06. The molecule has 1 aromatic rings. The number of amides is 1. The van der Waals surface area contributed by atoms with E-state index in [4.69, 9.17) is 5.11 Å². The van der Waals surface area contributed by atoms with Crippen molar-refractivity contribution in [2.75, 3.05) is 25.5 Å². The van der Waals surface area contributed by atoms with E-state index in [1.54, 1.807) is 19.1 Å². The van der Waals surface area contributed by atoms with Crippen LogP contribution >= 0.6 is 0 Å². The number of likely N-dealkylation sites (N-methyl/N-ethyl adjacent to an activating group) is 1. The number of halogens is 1. The van der Waals surface area contributed by atoms with Gasteiger partial charge in [-0.05, 0) is 26.1 Å². The van der Waals surface area contributed by atoms with Crippen molar-refractivity contribution in [3.8, 4) is 0 Å². The summed E-state index contributed by atoms with van der Waals surface area (Å²) in [7, 11) is 1.82. The molecule has 0 fully saturated rings. The Balaban J connectivity index is 2.36. The fourth-order valence-corrected chi connectivity index (χ4v) is 1.61. The molecule has 0 saturated carbocycles. The predicted molar refractivity (Wildman–Crippen MR) is 68.8 cm³/mol. The number of aliphatic hydroxyl groups excluding tert-OH is 1. The first-order chi connectivity index (χ1) is 8.49.